The van der Waals surface area contributed by atoms with E-state index < -0.39 is 12.7 Å². The van der Waals surface area contributed by atoms with E-state index in [-0.39, 0.29) is 12.0 Å². The van der Waals surface area contributed by atoms with Gasteiger partial charge < -0.3 is 9.80 Å². The second-order valence-corrected chi connectivity index (χ2v) is 7.13. The highest BCUT2D eigenvalue weighted by Crippen LogP contribution is 2.41. The predicted octanol–water partition coefficient (Wildman–Crippen LogP) is 4.56. The standard InChI is InChI=1S/C19H27F3N2/c1-13-6-7-17(10-16(13)8-9-23(4)5)18-15(3)14(2)11-24(18)12-19(20,21)22/h6-7,10-11,15,18H,8-9,12H2,1-5H3. The second-order valence-electron chi connectivity index (χ2n) is 7.13. The first-order chi connectivity index (χ1) is 11.1. The SMILES string of the molecule is CC1=CN(CC(F)(F)F)C(c2ccc(C)c(CCN(C)C)c2)C1C. The molecule has 5 heteroatoms. The molecule has 0 spiro atoms. The number of hydrogen-bond donors (Lipinski definition) is 0. The Labute approximate surface area is 142 Å². The number of aryl methyl sites for hydroxylation is 1. The quantitative estimate of drug-likeness (QED) is 0.775. The van der Waals surface area contributed by atoms with Crippen molar-refractivity contribution in [3.05, 3.63) is 46.7 Å². The molecule has 0 saturated heterocycles. The Morgan fingerprint density at radius 3 is 2.42 bits per heavy atom. The van der Waals surface area contributed by atoms with Crippen molar-refractivity contribution in [2.45, 2.75) is 39.4 Å². The van der Waals surface area contributed by atoms with Gasteiger partial charge in [0.15, 0.2) is 0 Å². The van der Waals surface area contributed by atoms with E-state index in [2.05, 4.69) is 17.9 Å². The van der Waals surface area contributed by atoms with Crippen molar-refractivity contribution >= 4 is 0 Å². The Bertz CT molecular complexity index is 605. The largest absolute Gasteiger partial charge is 0.405 e. The highest BCUT2D eigenvalue weighted by Gasteiger charge is 2.38. The molecule has 1 aromatic carbocycles. The van der Waals surface area contributed by atoms with Gasteiger partial charge in [0.25, 0.3) is 0 Å². The molecular formula is C19H27F3N2. The molecule has 0 radical (unpaired) electrons. The van der Waals surface area contributed by atoms with Crippen LogP contribution < -0.4 is 0 Å². The van der Waals surface area contributed by atoms with E-state index in [0.717, 1.165) is 24.1 Å². The van der Waals surface area contributed by atoms with Crippen LogP contribution in [0.25, 0.3) is 0 Å². The second kappa shape index (κ2) is 7.18. The van der Waals surface area contributed by atoms with Crippen molar-refractivity contribution in [2.24, 2.45) is 5.92 Å². The van der Waals surface area contributed by atoms with Crippen molar-refractivity contribution in [3.8, 4) is 0 Å². The van der Waals surface area contributed by atoms with Crippen molar-refractivity contribution in [1.82, 2.24) is 9.80 Å². The summed E-state index contributed by atoms with van der Waals surface area (Å²) in [5, 5.41) is 0. The summed E-state index contributed by atoms with van der Waals surface area (Å²) in [7, 11) is 4.05. The van der Waals surface area contributed by atoms with Gasteiger partial charge >= 0.3 is 6.18 Å². The summed E-state index contributed by atoms with van der Waals surface area (Å²) in [5.41, 5.74) is 4.38. The number of halogens is 3. The number of likely N-dealkylation sites (N-methyl/N-ethyl adjacent to an activating group) is 1. The summed E-state index contributed by atoms with van der Waals surface area (Å²) in [6, 6.07) is 5.86. The smallest absolute Gasteiger partial charge is 0.361 e. The number of alkyl halides is 3. The number of hydrogen-bond acceptors (Lipinski definition) is 2. The lowest BCUT2D eigenvalue weighted by atomic mass is 9.89. The van der Waals surface area contributed by atoms with E-state index in [0.29, 0.717) is 0 Å². The Hall–Kier alpha value is -1.49. The summed E-state index contributed by atoms with van der Waals surface area (Å²) in [4.78, 5) is 3.56. The fraction of sp³-hybridized carbons (Fsp3) is 0.579. The van der Waals surface area contributed by atoms with Crippen LogP contribution in [0.2, 0.25) is 0 Å². The maximum Gasteiger partial charge on any atom is 0.405 e. The minimum atomic E-state index is -4.20. The predicted molar refractivity (Wildman–Crippen MR) is 91.9 cm³/mol. The lowest BCUT2D eigenvalue weighted by molar-refractivity contribution is -0.144. The third kappa shape index (κ3) is 4.53. The van der Waals surface area contributed by atoms with Crippen LogP contribution in [0.15, 0.2) is 30.0 Å². The molecule has 1 aliphatic rings. The molecule has 2 rings (SSSR count). The molecule has 0 amide bonds. The molecule has 1 aliphatic heterocycles. The third-order valence-electron chi connectivity index (χ3n) is 4.82. The van der Waals surface area contributed by atoms with Gasteiger partial charge in [-0.25, -0.2) is 0 Å². The zero-order chi connectivity index (χ0) is 18.1. The van der Waals surface area contributed by atoms with Gasteiger partial charge in [0, 0.05) is 12.5 Å². The molecule has 0 aliphatic carbocycles. The Kier molecular flexibility index (Phi) is 5.63. The van der Waals surface area contributed by atoms with Gasteiger partial charge in [-0.15, -0.1) is 0 Å². The Morgan fingerprint density at radius 2 is 1.83 bits per heavy atom. The van der Waals surface area contributed by atoms with Crippen LogP contribution in [-0.2, 0) is 6.42 Å². The first kappa shape index (κ1) is 18.8. The van der Waals surface area contributed by atoms with Crippen LogP contribution in [0.5, 0.6) is 0 Å². The molecule has 2 unspecified atom stereocenters. The van der Waals surface area contributed by atoms with Crippen molar-refractivity contribution in [3.63, 3.8) is 0 Å². The molecule has 0 N–H and O–H groups in total. The third-order valence-corrected chi connectivity index (χ3v) is 4.82. The van der Waals surface area contributed by atoms with E-state index in [4.69, 9.17) is 0 Å². The van der Waals surface area contributed by atoms with Crippen LogP contribution in [-0.4, -0.2) is 43.2 Å². The zero-order valence-electron chi connectivity index (χ0n) is 15.1. The fourth-order valence-electron chi connectivity index (χ4n) is 3.32. The zero-order valence-corrected chi connectivity index (χ0v) is 15.1. The number of benzene rings is 1. The summed E-state index contributed by atoms with van der Waals surface area (Å²) in [6.07, 6.45) is -1.63. The number of rotatable bonds is 5. The van der Waals surface area contributed by atoms with Gasteiger partial charge in [-0.3, -0.25) is 0 Å². The Balaban J connectivity index is 2.29. The molecule has 0 bridgehead atoms. The van der Waals surface area contributed by atoms with E-state index in [1.165, 1.54) is 16.0 Å². The normalized spacial score (nSPS) is 21.5. The van der Waals surface area contributed by atoms with Gasteiger partial charge in [0.2, 0.25) is 0 Å². The fourth-order valence-corrected chi connectivity index (χ4v) is 3.32. The maximum atomic E-state index is 12.9. The highest BCUT2D eigenvalue weighted by molar-refractivity contribution is 5.36. The molecule has 0 aromatic heterocycles. The van der Waals surface area contributed by atoms with Crippen LogP contribution in [0.4, 0.5) is 13.2 Å². The van der Waals surface area contributed by atoms with Crippen LogP contribution in [0.3, 0.4) is 0 Å². The lowest BCUT2D eigenvalue weighted by Crippen LogP contribution is -2.33. The van der Waals surface area contributed by atoms with Gasteiger partial charge in [0.05, 0.1) is 6.04 Å². The first-order valence-electron chi connectivity index (χ1n) is 8.33. The van der Waals surface area contributed by atoms with Crippen molar-refractivity contribution in [2.75, 3.05) is 27.2 Å². The van der Waals surface area contributed by atoms with Gasteiger partial charge in [-0.1, -0.05) is 30.7 Å². The monoisotopic (exact) mass is 340 g/mol. The molecule has 0 fully saturated rings. The molecule has 2 nitrogen and oxygen atoms in total. The van der Waals surface area contributed by atoms with Crippen molar-refractivity contribution in [1.29, 1.82) is 0 Å². The summed E-state index contributed by atoms with van der Waals surface area (Å²) in [5.74, 6) is 0.0803. The molecule has 0 saturated carbocycles. The van der Waals surface area contributed by atoms with E-state index >= 15 is 0 Å². The average molecular weight is 340 g/mol. The molecule has 1 heterocycles. The minimum absolute atomic E-state index is 0.0803. The van der Waals surface area contributed by atoms with E-state index in [1.54, 1.807) is 6.20 Å². The van der Waals surface area contributed by atoms with E-state index in [1.807, 2.05) is 40.1 Å². The molecular weight excluding hydrogens is 313 g/mol. The summed E-state index contributed by atoms with van der Waals surface area (Å²) >= 11 is 0. The molecule has 2 atom stereocenters. The number of nitrogens with zero attached hydrogens (tertiary/aromatic N) is 2. The maximum absolute atomic E-state index is 12.9. The molecule has 24 heavy (non-hydrogen) atoms. The van der Waals surface area contributed by atoms with Crippen LogP contribution in [0, 0.1) is 12.8 Å². The van der Waals surface area contributed by atoms with E-state index in [9.17, 15) is 13.2 Å². The van der Waals surface area contributed by atoms with Crippen molar-refractivity contribution < 1.29 is 13.2 Å². The Morgan fingerprint density at radius 1 is 1.17 bits per heavy atom. The topological polar surface area (TPSA) is 6.48 Å². The summed E-state index contributed by atoms with van der Waals surface area (Å²) in [6.45, 7) is 6.00. The van der Waals surface area contributed by atoms with Gasteiger partial charge in [-0.05, 0) is 57.3 Å². The lowest BCUT2D eigenvalue weighted by Gasteiger charge is -2.30. The summed E-state index contributed by atoms with van der Waals surface area (Å²) < 4.78 is 38.8. The van der Waals surface area contributed by atoms with Crippen LogP contribution in [0.1, 0.15) is 36.6 Å². The van der Waals surface area contributed by atoms with Crippen LogP contribution >= 0.6 is 0 Å². The first-order valence-corrected chi connectivity index (χ1v) is 8.33. The molecule has 1 aromatic rings. The molecule has 134 valence electrons. The van der Waals surface area contributed by atoms with Gasteiger partial charge in [0.1, 0.15) is 6.54 Å². The average Bonchev–Trinajstić information content (AvgIpc) is 2.71. The highest BCUT2D eigenvalue weighted by atomic mass is 19.4. The minimum Gasteiger partial charge on any atom is -0.361 e. The van der Waals surface area contributed by atoms with Gasteiger partial charge in [-0.2, -0.15) is 13.2 Å².